The Balaban J connectivity index is 2.42. The van der Waals surface area contributed by atoms with Crippen LogP contribution in [0.5, 0.6) is 5.75 Å². The predicted molar refractivity (Wildman–Crippen MR) is 94.9 cm³/mol. The van der Waals surface area contributed by atoms with Crippen LogP contribution in [0.3, 0.4) is 0 Å². The van der Waals surface area contributed by atoms with E-state index in [1.807, 2.05) is 27.7 Å². The number of nitro benzene ring substituents is 1. The molecule has 1 aromatic carbocycles. The largest absolute Gasteiger partial charge is 0.502 e. The van der Waals surface area contributed by atoms with Crippen LogP contribution in [-0.4, -0.2) is 38.1 Å². The molecule has 0 unspecified atom stereocenters. The zero-order valence-corrected chi connectivity index (χ0v) is 14.7. The van der Waals surface area contributed by atoms with Crippen molar-refractivity contribution in [3.8, 4) is 5.75 Å². The van der Waals surface area contributed by atoms with Crippen molar-refractivity contribution in [2.24, 2.45) is 4.99 Å². The molecule has 0 bridgehead atoms. The number of aliphatic imine (C=N–C) groups is 1. The van der Waals surface area contributed by atoms with Crippen LogP contribution in [0.15, 0.2) is 28.1 Å². The van der Waals surface area contributed by atoms with E-state index in [9.17, 15) is 20.0 Å². The van der Waals surface area contributed by atoms with Crippen LogP contribution in [0.2, 0.25) is 0 Å². The average Bonchev–Trinajstić information content (AvgIpc) is 2.75. The second-order valence-electron chi connectivity index (χ2n) is 5.89. The SMILES string of the molecule is CC(C)N=C1S/C(=C/c2ccc(O)c([N+](=O)[O-])c2)C(=O)N1C(C)C. The average molecular weight is 349 g/mol. The van der Waals surface area contributed by atoms with Gasteiger partial charge in [-0.05, 0) is 57.2 Å². The van der Waals surface area contributed by atoms with E-state index < -0.39 is 16.4 Å². The van der Waals surface area contributed by atoms with E-state index in [0.29, 0.717) is 15.6 Å². The van der Waals surface area contributed by atoms with Crippen LogP contribution >= 0.6 is 11.8 Å². The number of hydrogen-bond donors (Lipinski definition) is 1. The summed E-state index contributed by atoms with van der Waals surface area (Å²) in [7, 11) is 0. The van der Waals surface area contributed by atoms with E-state index in [4.69, 9.17) is 0 Å². The Morgan fingerprint density at radius 1 is 1.33 bits per heavy atom. The van der Waals surface area contributed by atoms with Crippen molar-refractivity contribution >= 4 is 34.6 Å². The molecule has 24 heavy (non-hydrogen) atoms. The zero-order chi connectivity index (χ0) is 18.0. The summed E-state index contributed by atoms with van der Waals surface area (Å²) in [4.78, 5) is 29.4. The lowest BCUT2D eigenvalue weighted by molar-refractivity contribution is -0.385. The van der Waals surface area contributed by atoms with Crippen LogP contribution in [0.4, 0.5) is 5.69 Å². The lowest BCUT2D eigenvalue weighted by Crippen LogP contribution is -2.35. The second-order valence-corrected chi connectivity index (χ2v) is 6.90. The highest BCUT2D eigenvalue weighted by Crippen LogP contribution is 2.35. The number of phenolic OH excluding ortho intramolecular Hbond substituents is 1. The van der Waals surface area contributed by atoms with Crippen LogP contribution in [0.1, 0.15) is 33.3 Å². The number of hydrogen-bond acceptors (Lipinski definition) is 6. The third-order valence-electron chi connectivity index (χ3n) is 3.22. The maximum absolute atomic E-state index is 12.6. The van der Waals surface area contributed by atoms with E-state index in [-0.39, 0.29) is 18.0 Å². The van der Waals surface area contributed by atoms with Gasteiger partial charge in [-0.15, -0.1) is 0 Å². The highest BCUT2D eigenvalue weighted by Gasteiger charge is 2.35. The van der Waals surface area contributed by atoms with Gasteiger partial charge < -0.3 is 5.11 Å². The minimum absolute atomic E-state index is 0.0393. The Kier molecular flexibility index (Phi) is 5.28. The highest BCUT2D eigenvalue weighted by atomic mass is 32.2. The van der Waals surface area contributed by atoms with Crippen molar-refractivity contribution in [1.82, 2.24) is 4.90 Å². The number of nitro groups is 1. The standard InChI is InChI=1S/C16H19N3O4S/c1-9(2)17-16-18(10(3)4)15(21)14(24-16)8-11-5-6-13(20)12(7-11)19(22)23/h5-10,20H,1-4H3/b14-8+,17-16?. The monoisotopic (exact) mass is 349 g/mol. The second kappa shape index (κ2) is 7.04. The van der Waals surface area contributed by atoms with Crippen molar-refractivity contribution < 1.29 is 14.8 Å². The van der Waals surface area contributed by atoms with E-state index in [2.05, 4.69) is 4.99 Å². The predicted octanol–water partition coefficient (Wildman–Crippen LogP) is 3.39. The molecule has 2 rings (SSSR count). The summed E-state index contributed by atoms with van der Waals surface area (Å²) < 4.78 is 0. The summed E-state index contributed by atoms with van der Waals surface area (Å²) in [6.07, 6.45) is 1.58. The lowest BCUT2D eigenvalue weighted by atomic mass is 10.1. The van der Waals surface area contributed by atoms with Gasteiger partial charge in [0.25, 0.3) is 5.91 Å². The quantitative estimate of drug-likeness (QED) is 0.510. The Hall–Kier alpha value is -2.35. The van der Waals surface area contributed by atoms with E-state index in [0.717, 1.165) is 0 Å². The van der Waals surface area contributed by atoms with E-state index >= 15 is 0 Å². The fourth-order valence-electron chi connectivity index (χ4n) is 2.18. The number of rotatable bonds is 4. The number of amides is 1. The third-order valence-corrected chi connectivity index (χ3v) is 4.21. The first-order valence-corrected chi connectivity index (χ1v) is 8.30. The van der Waals surface area contributed by atoms with Crippen molar-refractivity contribution in [1.29, 1.82) is 0 Å². The summed E-state index contributed by atoms with van der Waals surface area (Å²) in [5, 5.41) is 21.1. The molecule has 128 valence electrons. The molecule has 0 radical (unpaired) electrons. The van der Waals surface area contributed by atoms with Gasteiger partial charge in [0.05, 0.1) is 9.83 Å². The number of nitrogens with zero attached hydrogens (tertiary/aromatic N) is 3. The molecule has 1 aliphatic rings. The maximum Gasteiger partial charge on any atom is 0.311 e. The first kappa shape index (κ1) is 18.0. The van der Waals surface area contributed by atoms with E-state index in [1.165, 1.54) is 30.0 Å². The third kappa shape index (κ3) is 3.76. The molecule has 1 amide bonds. The summed E-state index contributed by atoms with van der Waals surface area (Å²) in [6.45, 7) is 7.68. The van der Waals surface area contributed by atoms with Crippen LogP contribution < -0.4 is 0 Å². The van der Waals surface area contributed by atoms with Crippen molar-refractivity contribution in [3.63, 3.8) is 0 Å². The molecule has 7 nitrogen and oxygen atoms in total. The van der Waals surface area contributed by atoms with Crippen molar-refractivity contribution in [3.05, 3.63) is 38.8 Å². The molecule has 0 spiro atoms. The Morgan fingerprint density at radius 2 is 2.00 bits per heavy atom. The molecule has 1 aromatic rings. The lowest BCUT2D eigenvalue weighted by Gasteiger charge is -2.20. The van der Waals surface area contributed by atoms with Gasteiger partial charge >= 0.3 is 5.69 Å². The molecule has 0 aromatic heterocycles. The minimum atomic E-state index is -0.660. The minimum Gasteiger partial charge on any atom is -0.502 e. The molecular weight excluding hydrogens is 330 g/mol. The van der Waals surface area contributed by atoms with Gasteiger partial charge in [-0.3, -0.25) is 24.8 Å². The summed E-state index contributed by atoms with van der Waals surface area (Å²) in [6, 6.07) is 4.03. The number of aromatic hydroxyl groups is 1. The van der Waals surface area contributed by atoms with E-state index in [1.54, 1.807) is 11.0 Å². The number of thioether (sulfide) groups is 1. The smallest absolute Gasteiger partial charge is 0.311 e. The molecule has 8 heteroatoms. The van der Waals surface area contributed by atoms with Crippen molar-refractivity contribution in [2.75, 3.05) is 0 Å². The van der Waals surface area contributed by atoms with Crippen molar-refractivity contribution in [2.45, 2.75) is 39.8 Å². The summed E-state index contributed by atoms with van der Waals surface area (Å²) in [5.74, 6) is -0.580. The van der Waals surface area contributed by atoms with Gasteiger partial charge in [0, 0.05) is 18.2 Å². The summed E-state index contributed by atoms with van der Waals surface area (Å²) >= 11 is 1.25. The molecule has 1 fully saturated rings. The van der Waals surface area contributed by atoms with Gasteiger partial charge in [-0.1, -0.05) is 6.07 Å². The molecule has 0 aliphatic carbocycles. The summed E-state index contributed by atoms with van der Waals surface area (Å²) in [5.41, 5.74) is 0.0847. The Bertz CT molecular complexity index is 741. The first-order chi connectivity index (χ1) is 11.2. The topological polar surface area (TPSA) is 96.0 Å². The van der Waals surface area contributed by atoms with Crippen LogP contribution in [0, 0.1) is 10.1 Å². The fourth-order valence-corrected chi connectivity index (χ4v) is 3.41. The van der Waals surface area contributed by atoms with Gasteiger partial charge in [0.15, 0.2) is 10.9 Å². The highest BCUT2D eigenvalue weighted by molar-refractivity contribution is 8.18. The van der Waals surface area contributed by atoms with Gasteiger partial charge in [-0.25, -0.2) is 0 Å². The Labute approximate surface area is 144 Å². The van der Waals surface area contributed by atoms with Gasteiger partial charge in [0.2, 0.25) is 0 Å². The molecule has 0 atom stereocenters. The number of carbonyl (C=O) groups is 1. The molecular formula is C16H19N3O4S. The molecule has 1 heterocycles. The van der Waals surface area contributed by atoms with Crippen LogP contribution in [0.25, 0.3) is 6.08 Å². The zero-order valence-electron chi connectivity index (χ0n) is 13.9. The van der Waals surface area contributed by atoms with Gasteiger partial charge in [-0.2, -0.15) is 0 Å². The maximum atomic E-state index is 12.6. The number of phenols is 1. The fraction of sp³-hybridized carbons (Fsp3) is 0.375. The first-order valence-electron chi connectivity index (χ1n) is 7.49. The number of carbonyl (C=O) groups excluding carboxylic acids is 1. The molecule has 0 saturated carbocycles. The molecule has 1 N–H and O–H groups in total. The molecule has 1 aliphatic heterocycles. The van der Waals surface area contributed by atoms with Crippen LogP contribution in [-0.2, 0) is 4.79 Å². The number of benzene rings is 1. The normalized spacial score (nSPS) is 18.4. The molecule has 1 saturated heterocycles. The van der Waals surface area contributed by atoms with Gasteiger partial charge in [0.1, 0.15) is 0 Å². The Morgan fingerprint density at radius 3 is 2.54 bits per heavy atom. The number of amidine groups is 1.